The van der Waals surface area contributed by atoms with Gasteiger partial charge in [0.2, 0.25) is 0 Å². The van der Waals surface area contributed by atoms with E-state index < -0.39 is 0 Å². The van der Waals surface area contributed by atoms with E-state index in [1.54, 1.807) is 0 Å². The van der Waals surface area contributed by atoms with Crippen LogP contribution >= 0.6 is 0 Å². The fourth-order valence-corrected chi connectivity index (χ4v) is 3.49. The largest absolute Gasteiger partial charge is 0.301 e. The first-order valence-electron chi connectivity index (χ1n) is 8.82. The van der Waals surface area contributed by atoms with Crippen LogP contribution in [0.5, 0.6) is 0 Å². The molecule has 0 radical (unpaired) electrons. The highest BCUT2D eigenvalue weighted by molar-refractivity contribution is 4.79. The molecule has 0 aromatic rings. The van der Waals surface area contributed by atoms with Gasteiger partial charge in [0.15, 0.2) is 0 Å². The third-order valence-corrected chi connectivity index (χ3v) is 5.29. The molecule has 2 fully saturated rings. The second kappa shape index (κ2) is 8.44. The zero-order valence-electron chi connectivity index (χ0n) is 14.5. The molecule has 0 aromatic heterocycles. The Morgan fingerprint density at radius 1 is 0.667 bits per heavy atom. The van der Waals surface area contributed by atoms with Gasteiger partial charge in [0.25, 0.3) is 0 Å². The molecule has 0 bridgehead atoms. The number of nitrogens with one attached hydrogen (secondary N) is 1. The molecular weight excluding hydrogens is 262 g/mol. The van der Waals surface area contributed by atoms with E-state index in [-0.39, 0.29) is 0 Å². The summed E-state index contributed by atoms with van der Waals surface area (Å²) in [7, 11) is 0. The van der Waals surface area contributed by atoms with Crippen molar-refractivity contribution in [1.29, 1.82) is 0 Å². The number of hydrogen-bond acceptors (Lipinski definition) is 5. The monoisotopic (exact) mass is 297 g/mol. The number of piperazine rings is 2. The van der Waals surface area contributed by atoms with Crippen LogP contribution in [0.2, 0.25) is 0 Å². The average molecular weight is 297 g/mol. The molecule has 2 saturated heterocycles. The van der Waals surface area contributed by atoms with E-state index in [0.717, 1.165) is 0 Å². The zero-order chi connectivity index (χ0) is 15.2. The molecule has 0 spiro atoms. The molecule has 2 unspecified atom stereocenters. The van der Waals surface area contributed by atoms with E-state index >= 15 is 0 Å². The van der Waals surface area contributed by atoms with Crippen LogP contribution in [-0.2, 0) is 0 Å². The molecule has 124 valence electrons. The maximum absolute atomic E-state index is 3.80. The highest BCUT2D eigenvalue weighted by Crippen LogP contribution is 2.08. The topological polar surface area (TPSA) is 25.0 Å². The quantitative estimate of drug-likeness (QED) is 0.772. The maximum Gasteiger partial charge on any atom is 0.0580 e. The van der Waals surface area contributed by atoms with Gasteiger partial charge in [0, 0.05) is 52.4 Å². The summed E-state index contributed by atoms with van der Waals surface area (Å²) in [6, 6.07) is 0. The summed E-state index contributed by atoms with van der Waals surface area (Å²) in [5, 5.41) is 3.80. The molecule has 2 aliphatic rings. The molecule has 2 atom stereocenters. The third-order valence-electron chi connectivity index (χ3n) is 5.29. The van der Waals surface area contributed by atoms with Crippen molar-refractivity contribution in [3.8, 4) is 0 Å². The smallest absolute Gasteiger partial charge is 0.0580 e. The lowest BCUT2D eigenvalue weighted by molar-refractivity contribution is 0.0446. The van der Waals surface area contributed by atoms with E-state index in [9.17, 15) is 0 Å². The third kappa shape index (κ3) is 4.89. The zero-order valence-corrected chi connectivity index (χ0v) is 14.5. The average Bonchev–Trinajstić information content (AvgIpc) is 2.55. The van der Waals surface area contributed by atoms with Crippen LogP contribution in [0.25, 0.3) is 0 Å². The summed E-state index contributed by atoms with van der Waals surface area (Å²) in [6.07, 6.45) is 0.950. The molecule has 0 saturated carbocycles. The van der Waals surface area contributed by atoms with E-state index in [2.05, 4.69) is 52.6 Å². The van der Waals surface area contributed by atoms with E-state index in [4.69, 9.17) is 0 Å². The number of rotatable bonds is 6. The maximum atomic E-state index is 3.80. The molecule has 0 aliphatic carbocycles. The predicted molar refractivity (Wildman–Crippen MR) is 89.4 cm³/mol. The van der Waals surface area contributed by atoms with Crippen LogP contribution in [0.4, 0.5) is 0 Å². The first kappa shape index (κ1) is 17.2. The standard InChI is InChI=1S/C16H35N5/c1-5-18-7-11-20(12-8-18)15(3)17-16(4)21-13-9-19(6-2)10-14-21/h15-17H,5-14H2,1-4H3. The Morgan fingerprint density at radius 2 is 1.00 bits per heavy atom. The summed E-state index contributed by atoms with van der Waals surface area (Å²) in [5.41, 5.74) is 0. The van der Waals surface area contributed by atoms with Crippen LogP contribution in [0.1, 0.15) is 27.7 Å². The molecule has 0 aromatic carbocycles. The van der Waals surface area contributed by atoms with Gasteiger partial charge in [-0.1, -0.05) is 13.8 Å². The molecule has 2 heterocycles. The Labute approximate surface area is 131 Å². The van der Waals surface area contributed by atoms with E-state index in [0.29, 0.717) is 12.3 Å². The van der Waals surface area contributed by atoms with Gasteiger partial charge in [-0.3, -0.25) is 15.1 Å². The van der Waals surface area contributed by atoms with Gasteiger partial charge in [-0.2, -0.15) is 0 Å². The van der Waals surface area contributed by atoms with Crippen molar-refractivity contribution in [3.63, 3.8) is 0 Å². The first-order valence-corrected chi connectivity index (χ1v) is 8.82. The lowest BCUT2D eigenvalue weighted by Gasteiger charge is -2.42. The number of likely N-dealkylation sites (N-methyl/N-ethyl adjacent to an activating group) is 2. The summed E-state index contributed by atoms with van der Waals surface area (Å²) in [6.45, 7) is 21.2. The fraction of sp³-hybridized carbons (Fsp3) is 1.00. The molecule has 5 heteroatoms. The van der Waals surface area contributed by atoms with Crippen molar-refractivity contribution in [1.82, 2.24) is 24.9 Å². The molecule has 0 amide bonds. The second-order valence-electron chi connectivity index (χ2n) is 6.46. The van der Waals surface area contributed by atoms with Crippen molar-refractivity contribution in [3.05, 3.63) is 0 Å². The Hall–Kier alpha value is -0.200. The van der Waals surface area contributed by atoms with E-state index in [1.807, 2.05) is 0 Å². The van der Waals surface area contributed by atoms with E-state index in [1.165, 1.54) is 65.4 Å². The molecule has 1 N–H and O–H groups in total. The molecule has 2 aliphatic heterocycles. The van der Waals surface area contributed by atoms with Crippen LogP contribution in [0.15, 0.2) is 0 Å². The SMILES string of the molecule is CCN1CCN(C(C)NC(C)N2CCN(CC)CC2)CC1. The number of hydrogen-bond donors (Lipinski definition) is 1. The Balaban J connectivity index is 1.71. The van der Waals surface area contributed by atoms with Crippen molar-refractivity contribution >= 4 is 0 Å². The van der Waals surface area contributed by atoms with Gasteiger partial charge < -0.3 is 9.80 Å². The highest BCUT2D eigenvalue weighted by atomic mass is 15.4. The minimum Gasteiger partial charge on any atom is -0.301 e. The van der Waals surface area contributed by atoms with Gasteiger partial charge in [0.1, 0.15) is 0 Å². The summed E-state index contributed by atoms with van der Waals surface area (Å²) >= 11 is 0. The Morgan fingerprint density at radius 3 is 1.29 bits per heavy atom. The van der Waals surface area contributed by atoms with Gasteiger partial charge in [0.05, 0.1) is 12.3 Å². The molecule has 21 heavy (non-hydrogen) atoms. The van der Waals surface area contributed by atoms with Crippen molar-refractivity contribution in [2.75, 3.05) is 65.4 Å². The van der Waals surface area contributed by atoms with Crippen LogP contribution in [0.3, 0.4) is 0 Å². The van der Waals surface area contributed by atoms with Gasteiger partial charge in [-0.25, -0.2) is 0 Å². The van der Waals surface area contributed by atoms with Gasteiger partial charge >= 0.3 is 0 Å². The minimum absolute atomic E-state index is 0.475. The van der Waals surface area contributed by atoms with Crippen LogP contribution in [0, 0.1) is 0 Å². The van der Waals surface area contributed by atoms with Crippen LogP contribution < -0.4 is 5.32 Å². The lowest BCUT2D eigenvalue weighted by atomic mass is 10.2. The highest BCUT2D eigenvalue weighted by Gasteiger charge is 2.24. The van der Waals surface area contributed by atoms with Gasteiger partial charge in [-0.05, 0) is 26.9 Å². The normalized spacial score (nSPS) is 26.9. The summed E-state index contributed by atoms with van der Waals surface area (Å²) in [4.78, 5) is 10.3. The molecular formula is C16H35N5. The van der Waals surface area contributed by atoms with Crippen molar-refractivity contribution in [2.24, 2.45) is 0 Å². The fourth-order valence-electron chi connectivity index (χ4n) is 3.49. The Bertz CT molecular complexity index is 254. The summed E-state index contributed by atoms with van der Waals surface area (Å²) < 4.78 is 0. The Kier molecular flexibility index (Phi) is 6.89. The molecule has 2 rings (SSSR count). The van der Waals surface area contributed by atoms with Crippen LogP contribution in [-0.4, -0.2) is 97.4 Å². The van der Waals surface area contributed by atoms with Crippen molar-refractivity contribution in [2.45, 2.75) is 40.0 Å². The summed E-state index contributed by atoms with van der Waals surface area (Å²) in [5.74, 6) is 0. The predicted octanol–water partition coefficient (Wildman–Crippen LogP) is 0.543. The lowest BCUT2D eigenvalue weighted by Crippen LogP contribution is -2.60. The van der Waals surface area contributed by atoms with Gasteiger partial charge in [-0.15, -0.1) is 0 Å². The van der Waals surface area contributed by atoms with Crippen molar-refractivity contribution < 1.29 is 0 Å². The number of nitrogens with zero attached hydrogens (tertiary/aromatic N) is 4. The minimum atomic E-state index is 0.475. The first-order chi connectivity index (χ1) is 10.1. The second-order valence-corrected chi connectivity index (χ2v) is 6.46. The molecule has 5 nitrogen and oxygen atoms in total.